The highest BCUT2D eigenvalue weighted by molar-refractivity contribution is 5.54. The molecule has 0 aromatic heterocycles. The molecule has 0 bridgehead atoms. The first-order chi connectivity index (χ1) is 9.26. The molecular formula is C18H31NO. The zero-order valence-corrected chi connectivity index (χ0v) is 14.2. The first-order valence-electron chi connectivity index (χ1n) is 7.69. The van der Waals surface area contributed by atoms with Gasteiger partial charge in [0.2, 0.25) is 0 Å². The highest BCUT2D eigenvalue weighted by Gasteiger charge is 2.16. The van der Waals surface area contributed by atoms with E-state index < -0.39 is 0 Å². The van der Waals surface area contributed by atoms with Gasteiger partial charge in [0.05, 0.1) is 5.60 Å². The van der Waals surface area contributed by atoms with Gasteiger partial charge >= 0.3 is 0 Å². The smallest absolute Gasteiger partial charge is 0.0639 e. The molecule has 0 aliphatic heterocycles. The Morgan fingerprint density at radius 3 is 2.25 bits per heavy atom. The van der Waals surface area contributed by atoms with Crippen molar-refractivity contribution in [3.05, 3.63) is 29.3 Å². The molecule has 0 spiro atoms. The lowest BCUT2D eigenvalue weighted by Gasteiger charge is -2.24. The molecule has 1 aromatic carbocycles. The van der Waals surface area contributed by atoms with Crippen molar-refractivity contribution < 1.29 is 4.74 Å². The summed E-state index contributed by atoms with van der Waals surface area (Å²) < 4.78 is 5.46. The number of rotatable bonds is 7. The summed E-state index contributed by atoms with van der Waals surface area (Å²) in [5, 5.41) is 3.57. The summed E-state index contributed by atoms with van der Waals surface area (Å²) in [5.41, 5.74) is 4.02. The zero-order valence-electron chi connectivity index (χ0n) is 14.2. The fourth-order valence-corrected chi connectivity index (χ4v) is 2.18. The van der Waals surface area contributed by atoms with Crippen molar-refractivity contribution in [2.24, 2.45) is 0 Å². The van der Waals surface area contributed by atoms with Crippen LogP contribution in [-0.2, 0) is 4.74 Å². The maximum atomic E-state index is 5.46. The first-order valence-corrected chi connectivity index (χ1v) is 7.69. The van der Waals surface area contributed by atoms with E-state index in [-0.39, 0.29) is 5.60 Å². The minimum atomic E-state index is -0.0666. The Balaban J connectivity index is 2.79. The van der Waals surface area contributed by atoms with Crippen LogP contribution in [0.15, 0.2) is 18.2 Å². The van der Waals surface area contributed by atoms with Crippen LogP contribution in [0, 0.1) is 0 Å². The zero-order chi connectivity index (χ0) is 15.3. The molecule has 114 valence electrons. The van der Waals surface area contributed by atoms with Gasteiger partial charge in [-0.3, -0.25) is 0 Å². The molecule has 2 nitrogen and oxygen atoms in total. The molecule has 0 aliphatic rings. The molecular weight excluding hydrogens is 246 g/mol. The van der Waals surface area contributed by atoms with Crippen molar-refractivity contribution in [2.45, 2.75) is 65.4 Å². The van der Waals surface area contributed by atoms with Crippen molar-refractivity contribution in [3.8, 4) is 0 Å². The lowest BCUT2D eigenvalue weighted by atomic mass is 9.94. The fraction of sp³-hybridized carbons (Fsp3) is 0.667. The lowest BCUT2D eigenvalue weighted by Crippen LogP contribution is -2.26. The van der Waals surface area contributed by atoms with Crippen LogP contribution in [-0.4, -0.2) is 19.3 Å². The average Bonchev–Trinajstić information content (AvgIpc) is 2.38. The number of hydrogen-bond acceptors (Lipinski definition) is 2. The Kier molecular flexibility index (Phi) is 6.07. The predicted molar refractivity (Wildman–Crippen MR) is 88.8 cm³/mol. The minimum Gasteiger partial charge on any atom is -0.385 e. The SMILES string of the molecule is COC(C)(C)CCNc1ccc(C(C)C)cc1C(C)C. The molecule has 20 heavy (non-hydrogen) atoms. The number of nitrogens with one attached hydrogen (secondary N) is 1. The molecule has 0 unspecified atom stereocenters. The van der Waals surface area contributed by atoms with Gasteiger partial charge < -0.3 is 10.1 Å². The predicted octanol–water partition coefficient (Wildman–Crippen LogP) is 5.16. The molecule has 2 heteroatoms. The Morgan fingerprint density at radius 1 is 1.10 bits per heavy atom. The second kappa shape index (κ2) is 7.12. The normalized spacial score (nSPS) is 12.2. The maximum absolute atomic E-state index is 5.46. The third-order valence-electron chi connectivity index (χ3n) is 3.96. The van der Waals surface area contributed by atoms with Crippen LogP contribution in [0.5, 0.6) is 0 Å². The van der Waals surface area contributed by atoms with Gasteiger partial charge in [0.15, 0.2) is 0 Å². The van der Waals surface area contributed by atoms with E-state index in [1.807, 2.05) is 0 Å². The Bertz CT molecular complexity index is 421. The molecule has 1 N–H and O–H groups in total. The molecule has 0 saturated heterocycles. The maximum Gasteiger partial charge on any atom is 0.0639 e. The molecule has 0 saturated carbocycles. The summed E-state index contributed by atoms with van der Waals surface area (Å²) in [7, 11) is 1.77. The van der Waals surface area contributed by atoms with Gasteiger partial charge in [-0.25, -0.2) is 0 Å². The molecule has 0 aliphatic carbocycles. The van der Waals surface area contributed by atoms with E-state index >= 15 is 0 Å². The average molecular weight is 277 g/mol. The summed E-state index contributed by atoms with van der Waals surface area (Å²) >= 11 is 0. The second-order valence-corrected chi connectivity index (χ2v) is 6.80. The molecule has 0 atom stereocenters. The van der Waals surface area contributed by atoms with Crippen LogP contribution in [0.4, 0.5) is 5.69 Å². The largest absolute Gasteiger partial charge is 0.385 e. The quantitative estimate of drug-likeness (QED) is 0.743. The third-order valence-corrected chi connectivity index (χ3v) is 3.96. The van der Waals surface area contributed by atoms with Gasteiger partial charge in [-0.15, -0.1) is 0 Å². The summed E-state index contributed by atoms with van der Waals surface area (Å²) in [6.07, 6.45) is 0.993. The Labute approximate surface area is 124 Å². The minimum absolute atomic E-state index is 0.0666. The van der Waals surface area contributed by atoms with Crippen LogP contribution in [0.3, 0.4) is 0 Å². The highest BCUT2D eigenvalue weighted by Crippen LogP contribution is 2.28. The van der Waals surface area contributed by atoms with Crippen molar-refractivity contribution in [1.29, 1.82) is 0 Å². The number of ether oxygens (including phenoxy) is 1. The summed E-state index contributed by atoms with van der Waals surface area (Å²) in [6, 6.07) is 6.81. The third kappa shape index (κ3) is 4.82. The van der Waals surface area contributed by atoms with Crippen LogP contribution in [0.25, 0.3) is 0 Å². The van der Waals surface area contributed by atoms with Crippen LogP contribution in [0.2, 0.25) is 0 Å². The second-order valence-electron chi connectivity index (χ2n) is 6.80. The van der Waals surface area contributed by atoms with Gasteiger partial charge in [-0.1, -0.05) is 39.8 Å². The fourth-order valence-electron chi connectivity index (χ4n) is 2.18. The molecule has 1 aromatic rings. The van der Waals surface area contributed by atoms with Crippen LogP contribution in [0.1, 0.15) is 70.9 Å². The molecule has 0 heterocycles. The van der Waals surface area contributed by atoms with Crippen LogP contribution < -0.4 is 5.32 Å². The van der Waals surface area contributed by atoms with Gasteiger partial charge in [-0.2, -0.15) is 0 Å². The van der Waals surface area contributed by atoms with Crippen LogP contribution >= 0.6 is 0 Å². The van der Waals surface area contributed by atoms with Crippen molar-refractivity contribution in [2.75, 3.05) is 19.0 Å². The van der Waals surface area contributed by atoms with Crippen molar-refractivity contribution in [1.82, 2.24) is 0 Å². The van der Waals surface area contributed by atoms with E-state index in [1.165, 1.54) is 16.8 Å². The molecule has 0 fully saturated rings. The standard InChI is InChI=1S/C18H31NO/c1-13(2)15-8-9-17(16(12-15)14(3)4)19-11-10-18(5,6)20-7/h8-9,12-14,19H,10-11H2,1-7H3. The van der Waals surface area contributed by atoms with Gasteiger partial charge in [-0.05, 0) is 49.3 Å². The Hall–Kier alpha value is -1.02. The summed E-state index contributed by atoms with van der Waals surface area (Å²) in [6.45, 7) is 14.2. The van der Waals surface area contributed by atoms with Crippen molar-refractivity contribution in [3.63, 3.8) is 0 Å². The van der Waals surface area contributed by atoms with Crippen molar-refractivity contribution >= 4 is 5.69 Å². The number of benzene rings is 1. The first kappa shape index (κ1) is 17.0. The number of methoxy groups -OCH3 is 1. The van der Waals surface area contributed by atoms with E-state index in [9.17, 15) is 0 Å². The van der Waals surface area contributed by atoms with E-state index in [1.54, 1.807) is 7.11 Å². The summed E-state index contributed by atoms with van der Waals surface area (Å²) in [5.74, 6) is 1.11. The van der Waals surface area contributed by atoms with E-state index in [4.69, 9.17) is 4.74 Å². The lowest BCUT2D eigenvalue weighted by molar-refractivity contribution is 0.0185. The van der Waals surface area contributed by atoms with Gasteiger partial charge in [0, 0.05) is 19.3 Å². The van der Waals surface area contributed by atoms with Gasteiger partial charge in [0.25, 0.3) is 0 Å². The summed E-state index contributed by atoms with van der Waals surface area (Å²) in [4.78, 5) is 0. The molecule has 1 rings (SSSR count). The van der Waals surface area contributed by atoms with E-state index in [2.05, 4.69) is 65.1 Å². The number of anilines is 1. The highest BCUT2D eigenvalue weighted by atomic mass is 16.5. The number of hydrogen-bond donors (Lipinski definition) is 1. The van der Waals surface area contributed by atoms with Gasteiger partial charge in [0.1, 0.15) is 0 Å². The van der Waals surface area contributed by atoms with E-state index in [0.717, 1.165) is 13.0 Å². The topological polar surface area (TPSA) is 21.3 Å². The molecule has 0 radical (unpaired) electrons. The van der Waals surface area contributed by atoms with E-state index in [0.29, 0.717) is 11.8 Å². The molecule has 0 amide bonds. The monoisotopic (exact) mass is 277 g/mol. The Morgan fingerprint density at radius 2 is 1.75 bits per heavy atom.